The Labute approximate surface area is 76.2 Å². The Morgan fingerprint density at radius 3 is 2.92 bits per heavy atom. The van der Waals surface area contributed by atoms with Crippen molar-refractivity contribution in [3.63, 3.8) is 0 Å². The van der Waals surface area contributed by atoms with Crippen LogP contribution in [0.1, 0.15) is 24.3 Å². The zero-order valence-electron chi connectivity index (χ0n) is 7.12. The Kier molecular flexibility index (Phi) is 1.36. The van der Waals surface area contributed by atoms with Crippen molar-refractivity contribution in [1.29, 1.82) is 0 Å². The molecule has 2 heterocycles. The van der Waals surface area contributed by atoms with Crippen molar-refractivity contribution in [3.8, 4) is 11.3 Å². The topological polar surface area (TPSA) is 26.3 Å². The zero-order valence-corrected chi connectivity index (χ0v) is 7.12. The van der Waals surface area contributed by atoms with E-state index in [9.17, 15) is 0 Å². The lowest BCUT2D eigenvalue weighted by Gasteiger charge is -1.84. The van der Waals surface area contributed by atoms with E-state index in [2.05, 4.69) is 6.07 Å². The van der Waals surface area contributed by atoms with Crippen LogP contribution >= 0.6 is 0 Å². The quantitative estimate of drug-likeness (QED) is 0.696. The molecule has 2 aromatic heterocycles. The number of hydrogen-bond donors (Lipinski definition) is 0. The maximum atomic E-state index is 5.39. The standard InChI is InChI=1S/C11H9O2/c1-2-8(1)10-5-11(13-7-10)9-3-4-12-6-9/h3-4,6-8H,1-2H2. The Morgan fingerprint density at radius 2 is 2.23 bits per heavy atom. The van der Waals surface area contributed by atoms with E-state index in [-0.39, 0.29) is 0 Å². The third-order valence-electron chi connectivity index (χ3n) is 2.36. The molecule has 1 fully saturated rings. The predicted molar refractivity (Wildman–Crippen MR) is 47.2 cm³/mol. The van der Waals surface area contributed by atoms with Gasteiger partial charge in [0, 0.05) is 11.6 Å². The van der Waals surface area contributed by atoms with Crippen LogP contribution in [0.3, 0.4) is 0 Å². The highest BCUT2D eigenvalue weighted by molar-refractivity contribution is 5.55. The number of hydrogen-bond acceptors (Lipinski definition) is 2. The summed E-state index contributed by atoms with van der Waals surface area (Å²) in [5.41, 5.74) is 2.17. The lowest BCUT2D eigenvalue weighted by atomic mass is 10.2. The highest BCUT2D eigenvalue weighted by atomic mass is 16.3. The van der Waals surface area contributed by atoms with E-state index < -0.39 is 0 Å². The molecule has 0 unspecified atom stereocenters. The van der Waals surface area contributed by atoms with Gasteiger partial charge in [-0.15, -0.1) is 0 Å². The number of furan rings is 2. The average molecular weight is 173 g/mol. The minimum Gasteiger partial charge on any atom is -0.472 e. The summed E-state index contributed by atoms with van der Waals surface area (Å²) in [6.07, 6.45) is 7.68. The maximum Gasteiger partial charge on any atom is 0.145 e. The van der Waals surface area contributed by atoms with E-state index in [0.29, 0.717) is 5.92 Å². The monoisotopic (exact) mass is 173 g/mol. The largest absolute Gasteiger partial charge is 0.472 e. The van der Waals surface area contributed by atoms with E-state index in [4.69, 9.17) is 8.83 Å². The highest BCUT2D eigenvalue weighted by Crippen LogP contribution is 2.41. The van der Waals surface area contributed by atoms with Crippen LogP contribution in [0, 0.1) is 6.07 Å². The normalized spacial score (nSPS) is 16.3. The van der Waals surface area contributed by atoms with Gasteiger partial charge in [-0.3, -0.25) is 0 Å². The van der Waals surface area contributed by atoms with Crippen LogP contribution in [0.15, 0.2) is 33.7 Å². The molecule has 1 aliphatic rings. The van der Waals surface area contributed by atoms with Gasteiger partial charge in [-0.2, -0.15) is 0 Å². The van der Waals surface area contributed by atoms with Gasteiger partial charge in [0.2, 0.25) is 0 Å². The molecular formula is C11H9O2. The van der Waals surface area contributed by atoms with Crippen LogP contribution in [0.2, 0.25) is 0 Å². The molecule has 0 aromatic carbocycles. The van der Waals surface area contributed by atoms with E-state index in [1.807, 2.05) is 6.07 Å². The first kappa shape index (κ1) is 7.01. The molecule has 2 aromatic rings. The Bertz CT molecular complexity index is 393. The molecule has 2 heteroatoms. The second-order valence-corrected chi connectivity index (χ2v) is 3.43. The molecule has 2 nitrogen and oxygen atoms in total. The minimum absolute atomic E-state index is 0.699. The van der Waals surface area contributed by atoms with E-state index >= 15 is 0 Å². The lowest BCUT2D eigenvalue weighted by molar-refractivity contribution is 0.559. The molecular weight excluding hydrogens is 164 g/mol. The van der Waals surface area contributed by atoms with Gasteiger partial charge in [-0.05, 0) is 24.8 Å². The summed E-state index contributed by atoms with van der Waals surface area (Å²) in [6, 6.07) is 5.13. The Hall–Kier alpha value is -1.44. The van der Waals surface area contributed by atoms with Crippen LogP contribution in [0.25, 0.3) is 11.3 Å². The smallest absolute Gasteiger partial charge is 0.145 e. The Balaban J connectivity index is 1.97. The molecule has 0 aliphatic heterocycles. The summed E-state index contributed by atoms with van der Waals surface area (Å²) in [7, 11) is 0. The fraction of sp³-hybridized carbons (Fsp3) is 0.273. The van der Waals surface area contributed by atoms with Crippen molar-refractivity contribution in [2.75, 3.05) is 0 Å². The Morgan fingerprint density at radius 1 is 1.31 bits per heavy atom. The van der Waals surface area contributed by atoms with Crippen LogP contribution in [-0.4, -0.2) is 0 Å². The van der Waals surface area contributed by atoms with Crippen molar-refractivity contribution < 1.29 is 8.83 Å². The second-order valence-electron chi connectivity index (χ2n) is 3.43. The zero-order chi connectivity index (χ0) is 8.67. The summed E-state index contributed by atoms with van der Waals surface area (Å²) < 4.78 is 10.4. The summed E-state index contributed by atoms with van der Waals surface area (Å²) >= 11 is 0. The summed E-state index contributed by atoms with van der Waals surface area (Å²) in [4.78, 5) is 0. The van der Waals surface area contributed by atoms with Crippen LogP contribution in [-0.2, 0) is 0 Å². The van der Waals surface area contributed by atoms with Crippen molar-refractivity contribution in [3.05, 3.63) is 36.5 Å². The van der Waals surface area contributed by atoms with Crippen molar-refractivity contribution in [2.24, 2.45) is 0 Å². The maximum absolute atomic E-state index is 5.39. The molecule has 0 N–H and O–H groups in total. The van der Waals surface area contributed by atoms with Gasteiger partial charge in [0.25, 0.3) is 0 Å². The molecule has 3 rings (SSSR count). The van der Waals surface area contributed by atoms with Gasteiger partial charge in [0.1, 0.15) is 12.0 Å². The molecule has 1 aliphatic carbocycles. The van der Waals surface area contributed by atoms with Gasteiger partial charge in [-0.25, -0.2) is 0 Å². The molecule has 65 valence electrons. The molecule has 1 saturated carbocycles. The molecule has 13 heavy (non-hydrogen) atoms. The van der Waals surface area contributed by atoms with Gasteiger partial charge in [0.15, 0.2) is 0 Å². The van der Waals surface area contributed by atoms with Gasteiger partial charge in [0.05, 0.1) is 18.1 Å². The molecule has 0 bridgehead atoms. The highest BCUT2D eigenvalue weighted by Gasteiger charge is 2.25. The predicted octanol–water partition coefficient (Wildman–Crippen LogP) is 3.22. The van der Waals surface area contributed by atoms with Gasteiger partial charge < -0.3 is 8.83 Å². The van der Waals surface area contributed by atoms with Crippen LogP contribution in [0.5, 0.6) is 0 Å². The first-order chi connectivity index (χ1) is 6.43. The molecule has 1 radical (unpaired) electrons. The molecule has 0 saturated heterocycles. The van der Waals surface area contributed by atoms with Gasteiger partial charge in [-0.1, -0.05) is 0 Å². The van der Waals surface area contributed by atoms with Crippen LogP contribution in [0.4, 0.5) is 0 Å². The van der Waals surface area contributed by atoms with Crippen molar-refractivity contribution in [1.82, 2.24) is 0 Å². The fourth-order valence-electron chi connectivity index (χ4n) is 1.44. The summed E-state index contributed by atoms with van der Waals surface area (Å²) in [5, 5.41) is 0. The van der Waals surface area contributed by atoms with Gasteiger partial charge >= 0.3 is 0 Å². The first-order valence-electron chi connectivity index (χ1n) is 4.47. The molecule has 0 spiro atoms. The van der Waals surface area contributed by atoms with Crippen LogP contribution < -0.4 is 0 Å². The average Bonchev–Trinajstić information content (AvgIpc) is 2.72. The third kappa shape index (κ3) is 1.18. The molecule has 0 amide bonds. The van der Waals surface area contributed by atoms with E-state index in [0.717, 1.165) is 11.3 Å². The minimum atomic E-state index is 0.699. The van der Waals surface area contributed by atoms with Crippen molar-refractivity contribution in [2.45, 2.75) is 18.8 Å². The molecule has 0 atom stereocenters. The summed E-state index contributed by atoms with van der Waals surface area (Å²) in [6.45, 7) is 0. The lowest BCUT2D eigenvalue weighted by Crippen LogP contribution is -1.70. The SMILES string of the molecule is [c]1c(C2CC2)coc1-c1ccoc1. The van der Waals surface area contributed by atoms with E-state index in [1.54, 1.807) is 18.8 Å². The van der Waals surface area contributed by atoms with E-state index in [1.165, 1.54) is 18.4 Å². The number of rotatable bonds is 2. The third-order valence-corrected chi connectivity index (χ3v) is 2.36. The summed E-state index contributed by atoms with van der Waals surface area (Å²) in [5.74, 6) is 1.49. The first-order valence-corrected chi connectivity index (χ1v) is 4.47. The fourth-order valence-corrected chi connectivity index (χ4v) is 1.44. The van der Waals surface area contributed by atoms with Crippen molar-refractivity contribution >= 4 is 0 Å². The second kappa shape index (κ2) is 2.52.